The summed E-state index contributed by atoms with van der Waals surface area (Å²) in [6, 6.07) is 15.7. The lowest BCUT2D eigenvalue weighted by atomic mass is 9.77. The predicted octanol–water partition coefficient (Wildman–Crippen LogP) is 15.5. The first-order chi connectivity index (χ1) is 24.5. The second-order valence-electron chi connectivity index (χ2n) is 15.1. The number of phenols is 1. The van der Waals surface area contributed by atoms with Crippen molar-refractivity contribution >= 4 is 8.60 Å². The van der Waals surface area contributed by atoms with E-state index in [1.165, 1.54) is 154 Å². The highest BCUT2D eigenvalue weighted by atomic mass is 31.2. The van der Waals surface area contributed by atoms with Gasteiger partial charge in [-0.25, -0.2) is 0 Å². The van der Waals surface area contributed by atoms with Gasteiger partial charge in [0.1, 0.15) is 11.5 Å². The fraction of sp³-hybridized carbons (Fsp3) is 0.733. The van der Waals surface area contributed by atoms with Gasteiger partial charge in [-0.3, -0.25) is 0 Å². The zero-order valence-corrected chi connectivity index (χ0v) is 33.9. The third-order valence-corrected chi connectivity index (χ3v) is 11.3. The smallest absolute Gasteiger partial charge is 0.397 e. The van der Waals surface area contributed by atoms with Crippen LogP contribution in [-0.2, 0) is 14.5 Å². The molecule has 0 amide bonds. The zero-order chi connectivity index (χ0) is 36.0. The quantitative estimate of drug-likeness (QED) is 0.0580. The molecular formula is C45H77O4P. The maximum absolute atomic E-state index is 10.7. The molecule has 0 aliphatic carbocycles. The number of rotatable bonds is 34. The van der Waals surface area contributed by atoms with Gasteiger partial charge in [-0.1, -0.05) is 218 Å². The number of aromatic hydroxyl groups is 1. The number of unbranched alkanes of at least 4 members (excludes halogenated alkanes) is 24. The fourth-order valence-electron chi connectivity index (χ4n) is 6.90. The molecule has 1 N–H and O–H groups in total. The average Bonchev–Trinajstić information content (AvgIpc) is 3.12. The Morgan fingerprint density at radius 3 is 1.20 bits per heavy atom. The van der Waals surface area contributed by atoms with Crippen molar-refractivity contribution in [3.05, 3.63) is 59.7 Å². The minimum atomic E-state index is -1.52. The van der Waals surface area contributed by atoms with Crippen LogP contribution in [0.25, 0.3) is 0 Å². The Labute approximate surface area is 310 Å². The van der Waals surface area contributed by atoms with Crippen molar-refractivity contribution in [2.75, 3.05) is 13.2 Å². The minimum absolute atomic E-state index is 0.298. The van der Waals surface area contributed by atoms with Crippen molar-refractivity contribution in [1.29, 1.82) is 0 Å². The number of hydrogen-bond donors (Lipinski definition) is 1. The van der Waals surface area contributed by atoms with Gasteiger partial charge >= 0.3 is 8.60 Å². The summed E-state index contributed by atoms with van der Waals surface area (Å²) in [7, 11) is -1.52. The van der Waals surface area contributed by atoms with E-state index in [0.29, 0.717) is 19.0 Å². The van der Waals surface area contributed by atoms with E-state index in [0.717, 1.165) is 29.7 Å². The lowest BCUT2D eigenvalue weighted by molar-refractivity contribution is 0.198. The Morgan fingerprint density at radius 2 is 0.800 bits per heavy atom. The topological polar surface area (TPSA) is 47.9 Å². The Kier molecular flexibility index (Phi) is 26.7. The number of hydrogen-bond acceptors (Lipinski definition) is 4. The van der Waals surface area contributed by atoms with Gasteiger partial charge in [-0.05, 0) is 25.0 Å². The molecule has 0 spiro atoms. The maximum Gasteiger partial charge on any atom is 0.397 e. The number of benzene rings is 2. The van der Waals surface area contributed by atoms with E-state index in [1.54, 1.807) is 6.07 Å². The van der Waals surface area contributed by atoms with Gasteiger partial charge in [0.15, 0.2) is 0 Å². The molecular weight excluding hydrogens is 635 g/mol. The van der Waals surface area contributed by atoms with Crippen LogP contribution >= 0.6 is 8.60 Å². The SMILES string of the molecule is CCCCCCCCCCCCCCCOP(OCCCCCCCCCCCCCCC)Oc1ccccc1C(C)(C)c1ccccc1O. The van der Waals surface area contributed by atoms with Crippen LogP contribution in [0.4, 0.5) is 0 Å². The van der Waals surface area contributed by atoms with E-state index < -0.39 is 14.0 Å². The van der Waals surface area contributed by atoms with E-state index >= 15 is 0 Å². The van der Waals surface area contributed by atoms with Crippen molar-refractivity contribution in [3.8, 4) is 11.5 Å². The fourth-order valence-corrected chi connectivity index (χ4v) is 7.95. The molecule has 0 radical (unpaired) electrons. The van der Waals surface area contributed by atoms with Crippen molar-refractivity contribution in [2.45, 2.75) is 200 Å². The van der Waals surface area contributed by atoms with Gasteiger partial charge in [0.05, 0.1) is 13.2 Å². The molecule has 286 valence electrons. The molecule has 2 aromatic rings. The lowest BCUT2D eigenvalue weighted by Gasteiger charge is -2.29. The third kappa shape index (κ3) is 20.4. The molecule has 0 aromatic heterocycles. The highest BCUT2D eigenvalue weighted by molar-refractivity contribution is 7.42. The molecule has 0 heterocycles. The van der Waals surface area contributed by atoms with Crippen molar-refractivity contribution in [2.24, 2.45) is 0 Å². The second kappa shape index (κ2) is 29.9. The van der Waals surface area contributed by atoms with Gasteiger partial charge in [0, 0.05) is 16.5 Å². The summed E-state index contributed by atoms with van der Waals surface area (Å²) >= 11 is 0. The standard InChI is InChI=1S/C45H77O4P/c1-5-7-9-11-13-15-17-19-21-23-25-27-33-39-47-50(48-40-34-28-26-24-22-20-18-16-14-12-10-8-6-2)49-44-38-32-30-36-42(44)45(3,4)41-35-29-31-37-43(41)46/h29-32,35-38,46H,5-28,33-34,39-40H2,1-4H3. The highest BCUT2D eigenvalue weighted by Gasteiger charge is 2.30. The van der Waals surface area contributed by atoms with Crippen molar-refractivity contribution < 1.29 is 18.7 Å². The second-order valence-corrected chi connectivity index (χ2v) is 16.3. The maximum atomic E-state index is 10.7. The van der Waals surface area contributed by atoms with Crippen LogP contribution in [0.5, 0.6) is 11.5 Å². The van der Waals surface area contributed by atoms with Crippen LogP contribution in [0.1, 0.15) is 206 Å². The Morgan fingerprint density at radius 1 is 0.460 bits per heavy atom. The van der Waals surface area contributed by atoms with Crippen molar-refractivity contribution in [3.63, 3.8) is 0 Å². The van der Waals surface area contributed by atoms with E-state index in [-0.39, 0.29) is 0 Å². The van der Waals surface area contributed by atoms with Gasteiger partial charge in [0.2, 0.25) is 0 Å². The predicted molar refractivity (Wildman–Crippen MR) is 218 cm³/mol. The third-order valence-electron chi connectivity index (χ3n) is 10.2. The van der Waals surface area contributed by atoms with Crippen LogP contribution in [0.2, 0.25) is 0 Å². The first-order valence-electron chi connectivity index (χ1n) is 21.1. The monoisotopic (exact) mass is 713 g/mol. The molecule has 0 fully saturated rings. The summed E-state index contributed by atoms with van der Waals surface area (Å²) in [5.74, 6) is 1.06. The number of para-hydroxylation sites is 2. The first kappa shape index (κ1) is 44.6. The molecule has 0 aliphatic rings. The molecule has 2 aromatic carbocycles. The van der Waals surface area contributed by atoms with E-state index in [9.17, 15) is 5.11 Å². The van der Waals surface area contributed by atoms with E-state index in [4.69, 9.17) is 13.6 Å². The van der Waals surface area contributed by atoms with Crippen LogP contribution in [0.15, 0.2) is 48.5 Å². The molecule has 2 rings (SSSR count). The average molecular weight is 713 g/mol. The molecule has 0 atom stereocenters. The molecule has 0 aliphatic heterocycles. The summed E-state index contributed by atoms with van der Waals surface area (Å²) < 4.78 is 19.2. The van der Waals surface area contributed by atoms with E-state index in [2.05, 4.69) is 33.8 Å². The van der Waals surface area contributed by atoms with Crippen LogP contribution in [-0.4, -0.2) is 18.3 Å². The summed E-state index contributed by atoms with van der Waals surface area (Å²) in [6.45, 7) is 10.2. The summed E-state index contributed by atoms with van der Waals surface area (Å²) in [5.41, 5.74) is 1.44. The molecule has 50 heavy (non-hydrogen) atoms. The van der Waals surface area contributed by atoms with Crippen LogP contribution in [0, 0.1) is 0 Å². The molecule has 0 saturated carbocycles. The highest BCUT2D eigenvalue weighted by Crippen LogP contribution is 2.47. The van der Waals surface area contributed by atoms with Crippen LogP contribution < -0.4 is 4.52 Å². The number of phenolic OH excluding ortho intramolecular Hbond substituents is 1. The van der Waals surface area contributed by atoms with E-state index in [1.807, 2.05) is 36.4 Å². The summed E-state index contributed by atoms with van der Waals surface area (Å²) in [6.07, 6.45) is 34.7. The lowest BCUT2D eigenvalue weighted by Crippen LogP contribution is -2.20. The Bertz CT molecular complexity index is 1020. The van der Waals surface area contributed by atoms with Gasteiger partial charge in [0.25, 0.3) is 0 Å². The van der Waals surface area contributed by atoms with Gasteiger partial charge in [-0.2, -0.15) is 0 Å². The van der Waals surface area contributed by atoms with Gasteiger partial charge in [-0.15, -0.1) is 0 Å². The molecule has 0 unspecified atom stereocenters. The molecule has 5 heteroatoms. The minimum Gasteiger partial charge on any atom is -0.508 e. The zero-order valence-electron chi connectivity index (χ0n) is 33.0. The Balaban J connectivity index is 1.77. The van der Waals surface area contributed by atoms with Crippen molar-refractivity contribution in [1.82, 2.24) is 0 Å². The molecule has 0 saturated heterocycles. The van der Waals surface area contributed by atoms with Gasteiger partial charge < -0.3 is 18.7 Å². The molecule has 4 nitrogen and oxygen atoms in total. The normalized spacial score (nSPS) is 11.9. The summed E-state index contributed by atoms with van der Waals surface area (Å²) in [5, 5.41) is 10.7. The largest absolute Gasteiger partial charge is 0.508 e. The van der Waals surface area contributed by atoms with Crippen LogP contribution in [0.3, 0.4) is 0 Å². The Hall–Kier alpha value is -1.61. The summed E-state index contributed by atoms with van der Waals surface area (Å²) in [4.78, 5) is 0. The molecule has 0 bridgehead atoms. The first-order valence-corrected chi connectivity index (χ1v) is 22.2.